The SMILES string of the molecule is CN=C(NCc1ncc(C(C)(C)C)o1)NCC(C)(C)N1CCCC(C)C1. The molecule has 0 aliphatic carbocycles. The Morgan fingerprint density at radius 1 is 1.31 bits per heavy atom. The number of guanidine groups is 1. The normalized spacial score (nSPS) is 20.3. The predicted molar refractivity (Wildman–Crippen MR) is 107 cm³/mol. The van der Waals surface area contributed by atoms with Gasteiger partial charge in [-0.2, -0.15) is 0 Å². The van der Waals surface area contributed by atoms with E-state index in [-0.39, 0.29) is 11.0 Å². The van der Waals surface area contributed by atoms with Crippen LogP contribution in [0.25, 0.3) is 0 Å². The van der Waals surface area contributed by atoms with E-state index in [1.165, 1.54) is 25.9 Å². The van der Waals surface area contributed by atoms with E-state index in [0.717, 1.165) is 24.2 Å². The summed E-state index contributed by atoms with van der Waals surface area (Å²) in [6, 6.07) is 0. The second-order valence-corrected chi connectivity index (χ2v) is 9.15. The largest absolute Gasteiger partial charge is 0.443 e. The Labute approximate surface area is 158 Å². The Hall–Kier alpha value is -1.56. The zero-order chi connectivity index (χ0) is 19.4. The van der Waals surface area contributed by atoms with Crippen LogP contribution >= 0.6 is 0 Å². The third kappa shape index (κ3) is 5.73. The van der Waals surface area contributed by atoms with E-state index < -0.39 is 0 Å². The molecule has 1 aromatic heterocycles. The van der Waals surface area contributed by atoms with E-state index in [2.05, 4.69) is 67.1 Å². The lowest BCUT2D eigenvalue weighted by Gasteiger charge is -2.43. The first-order chi connectivity index (χ1) is 12.1. The van der Waals surface area contributed by atoms with Crippen molar-refractivity contribution < 1.29 is 4.42 Å². The molecular weight excluding hydrogens is 326 g/mol. The van der Waals surface area contributed by atoms with Crippen LogP contribution in [0.5, 0.6) is 0 Å². The van der Waals surface area contributed by atoms with Crippen LogP contribution in [-0.4, -0.2) is 48.1 Å². The van der Waals surface area contributed by atoms with E-state index in [1.54, 1.807) is 7.05 Å². The minimum Gasteiger partial charge on any atom is -0.443 e. The summed E-state index contributed by atoms with van der Waals surface area (Å²) < 4.78 is 5.83. The molecule has 1 atom stereocenters. The van der Waals surface area contributed by atoms with Gasteiger partial charge in [-0.05, 0) is 39.2 Å². The highest BCUT2D eigenvalue weighted by atomic mass is 16.4. The molecule has 2 N–H and O–H groups in total. The molecule has 2 heterocycles. The Bertz CT molecular complexity index is 600. The molecule has 1 fully saturated rings. The van der Waals surface area contributed by atoms with Gasteiger partial charge in [0.1, 0.15) is 5.76 Å². The van der Waals surface area contributed by atoms with Gasteiger partial charge >= 0.3 is 0 Å². The van der Waals surface area contributed by atoms with Crippen molar-refractivity contribution >= 4 is 5.96 Å². The van der Waals surface area contributed by atoms with Crippen molar-refractivity contribution in [3.05, 3.63) is 17.8 Å². The minimum absolute atomic E-state index is 0.0270. The van der Waals surface area contributed by atoms with Crippen molar-refractivity contribution in [1.82, 2.24) is 20.5 Å². The number of aliphatic imine (C=N–C) groups is 1. The van der Waals surface area contributed by atoms with E-state index in [4.69, 9.17) is 4.42 Å². The Morgan fingerprint density at radius 2 is 2.04 bits per heavy atom. The lowest BCUT2D eigenvalue weighted by molar-refractivity contribution is 0.0739. The highest BCUT2D eigenvalue weighted by molar-refractivity contribution is 5.79. The standard InChI is InChI=1S/C20H37N5O/c1-15-9-8-10-25(13-15)20(5,6)14-24-18(21-7)23-12-17-22-11-16(26-17)19(2,3)4/h11,15H,8-10,12-14H2,1-7H3,(H2,21,23,24). The molecular formula is C20H37N5O. The first kappa shape index (κ1) is 20.7. The fraction of sp³-hybridized carbons (Fsp3) is 0.800. The van der Waals surface area contributed by atoms with Gasteiger partial charge in [0.15, 0.2) is 5.96 Å². The molecule has 1 aliphatic heterocycles. The van der Waals surface area contributed by atoms with Gasteiger partial charge in [-0.15, -0.1) is 0 Å². The number of nitrogens with zero attached hydrogens (tertiary/aromatic N) is 3. The fourth-order valence-electron chi connectivity index (χ4n) is 3.27. The molecule has 1 saturated heterocycles. The van der Waals surface area contributed by atoms with E-state index in [0.29, 0.717) is 12.4 Å². The average Bonchev–Trinajstić information content (AvgIpc) is 3.04. The second-order valence-electron chi connectivity index (χ2n) is 9.15. The number of hydrogen-bond acceptors (Lipinski definition) is 4. The highest BCUT2D eigenvalue weighted by Gasteiger charge is 2.30. The third-order valence-corrected chi connectivity index (χ3v) is 5.12. The van der Waals surface area contributed by atoms with Crippen molar-refractivity contribution in [2.75, 3.05) is 26.7 Å². The molecule has 0 amide bonds. The quantitative estimate of drug-likeness (QED) is 0.621. The van der Waals surface area contributed by atoms with Crippen molar-refractivity contribution in [3.8, 4) is 0 Å². The molecule has 0 spiro atoms. The van der Waals surface area contributed by atoms with Crippen LogP contribution in [-0.2, 0) is 12.0 Å². The maximum absolute atomic E-state index is 5.83. The van der Waals surface area contributed by atoms with Crippen LogP contribution in [0.2, 0.25) is 0 Å². The molecule has 6 heteroatoms. The minimum atomic E-state index is -0.0270. The molecule has 6 nitrogen and oxygen atoms in total. The molecule has 0 aromatic carbocycles. The fourth-order valence-corrected chi connectivity index (χ4v) is 3.27. The topological polar surface area (TPSA) is 65.7 Å². The summed E-state index contributed by atoms with van der Waals surface area (Å²) in [6.07, 6.45) is 4.45. The first-order valence-electron chi connectivity index (χ1n) is 9.76. The van der Waals surface area contributed by atoms with Crippen molar-refractivity contribution in [3.63, 3.8) is 0 Å². The molecule has 1 aliphatic rings. The van der Waals surface area contributed by atoms with E-state index in [1.807, 2.05) is 6.20 Å². The summed E-state index contributed by atoms with van der Waals surface area (Å²) in [6.45, 7) is 17.0. The number of aromatic nitrogens is 1. The number of nitrogens with one attached hydrogen (secondary N) is 2. The molecule has 2 rings (SSSR count). The molecule has 26 heavy (non-hydrogen) atoms. The lowest BCUT2D eigenvalue weighted by Crippen LogP contribution is -2.55. The van der Waals surface area contributed by atoms with Crippen LogP contribution < -0.4 is 10.6 Å². The van der Waals surface area contributed by atoms with Crippen LogP contribution in [0.15, 0.2) is 15.6 Å². The van der Waals surface area contributed by atoms with Gasteiger partial charge in [0.25, 0.3) is 0 Å². The smallest absolute Gasteiger partial charge is 0.213 e. The summed E-state index contributed by atoms with van der Waals surface area (Å²) in [4.78, 5) is 11.3. The number of hydrogen-bond donors (Lipinski definition) is 2. The lowest BCUT2D eigenvalue weighted by atomic mass is 9.93. The number of likely N-dealkylation sites (tertiary alicyclic amines) is 1. The maximum atomic E-state index is 5.83. The van der Waals surface area contributed by atoms with E-state index in [9.17, 15) is 0 Å². The third-order valence-electron chi connectivity index (χ3n) is 5.12. The Kier molecular flexibility index (Phi) is 6.72. The first-order valence-corrected chi connectivity index (χ1v) is 9.76. The summed E-state index contributed by atoms with van der Waals surface area (Å²) in [5.41, 5.74) is 0.0649. The summed E-state index contributed by atoms with van der Waals surface area (Å²) >= 11 is 0. The van der Waals surface area contributed by atoms with Crippen molar-refractivity contribution in [2.24, 2.45) is 10.9 Å². The second kappa shape index (κ2) is 8.42. The Morgan fingerprint density at radius 3 is 2.62 bits per heavy atom. The summed E-state index contributed by atoms with van der Waals surface area (Å²) in [7, 11) is 1.79. The number of oxazole rings is 1. The maximum Gasteiger partial charge on any atom is 0.213 e. The summed E-state index contributed by atoms with van der Waals surface area (Å²) in [5.74, 6) is 3.14. The molecule has 0 bridgehead atoms. The molecule has 0 saturated carbocycles. The van der Waals surface area contributed by atoms with Crippen LogP contribution in [0.3, 0.4) is 0 Å². The van der Waals surface area contributed by atoms with E-state index >= 15 is 0 Å². The van der Waals surface area contributed by atoms with Crippen LogP contribution in [0.4, 0.5) is 0 Å². The average molecular weight is 364 g/mol. The molecule has 148 valence electrons. The predicted octanol–water partition coefficient (Wildman–Crippen LogP) is 3.15. The van der Waals surface area contributed by atoms with Crippen molar-refractivity contribution in [2.45, 2.75) is 71.9 Å². The summed E-state index contributed by atoms with van der Waals surface area (Å²) in [5, 5.41) is 6.76. The van der Waals surface area contributed by atoms with Gasteiger partial charge in [-0.1, -0.05) is 27.7 Å². The zero-order valence-corrected chi connectivity index (χ0v) is 17.6. The van der Waals surface area contributed by atoms with Crippen LogP contribution in [0, 0.1) is 5.92 Å². The number of rotatable bonds is 5. The van der Waals surface area contributed by atoms with Gasteiger partial charge in [-0.25, -0.2) is 4.98 Å². The highest BCUT2D eigenvalue weighted by Crippen LogP contribution is 2.24. The molecule has 0 radical (unpaired) electrons. The number of piperidine rings is 1. The molecule has 1 aromatic rings. The monoisotopic (exact) mass is 363 g/mol. The van der Waals surface area contributed by atoms with Gasteiger partial charge in [-0.3, -0.25) is 9.89 Å². The zero-order valence-electron chi connectivity index (χ0n) is 17.6. The van der Waals surface area contributed by atoms with Gasteiger partial charge in [0.2, 0.25) is 5.89 Å². The van der Waals surface area contributed by atoms with Gasteiger partial charge < -0.3 is 15.1 Å². The van der Waals surface area contributed by atoms with Gasteiger partial charge in [0, 0.05) is 31.1 Å². The van der Waals surface area contributed by atoms with Crippen molar-refractivity contribution in [1.29, 1.82) is 0 Å². The van der Waals surface area contributed by atoms with Crippen LogP contribution in [0.1, 0.15) is 66.0 Å². The molecule has 1 unspecified atom stereocenters. The van der Waals surface area contributed by atoms with Gasteiger partial charge in [0.05, 0.1) is 12.7 Å². The Balaban J connectivity index is 1.84.